The van der Waals surface area contributed by atoms with Crippen LogP contribution in [-0.2, 0) is 4.79 Å². The zero-order valence-electron chi connectivity index (χ0n) is 11.2. The molecule has 2 aromatic rings. The molecule has 1 unspecified atom stereocenters. The van der Waals surface area contributed by atoms with Crippen molar-refractivity contribution in [2.24, 2.45) is 0 Å². The number of benzene rings is 1. The number of hydrogen-bond donors (Lipinski definition) is 1. The Labute approximate surface area is 121 Å². The fraction of sp³-hybridized carbons (Fsp3) is 0.467. The minimum absolute atomic E-state index is 0.00778. The van der Waals surface area contributed by atoms with Gasteiger partial charge in [-0.3, -0.25) is 4.79 Å². The number of amides is 1. The quantitative estimate of drug-likeness (QED) is 0.943. The second-order valence-corrected chi connectivity index (χ2v) is 6.52. The predicted molar refractivity (Wildman–Crippen MR) is 81.2 cm³/mol. The van der Waals surface area contributed by atoms with Gasteiger partial charge in [0, 0.05) is 18.3 Å². The van der Waals surface area contributed by atoms with Crippen molar-refractivity contribution in [3.63, 3.8) is 0 Å². The van der Waals surface area contributed by atoms with Gasteiger partial charge in [-0.2, -0.15) is 0 Å². The lowest BCUT2D eigenvalue weighted by molar-refractivity contribution is -0.121. The van der Waals surface area contributed by atoms with Crippen LogP contribution < -0.4 is 10.2 Å². The van der Waals surface area contributed by atoms with Crippen LogP contribution in [0.1, 0.15) is 25.7 Å². The molecule has 4 rings (SSSR count). The number of piperidine rings is 1. The normalized spacial score (nSPS) is 23.5. The van der Waals surface area contributed by atoms with Crippen LogP contribution in [0, 0.1) is 0 Å². The van der Waals surface area contributed by atoms with Gasteiger partial charge < -0.3 is 10.2 Å². The third kappa shape index (κ3) is 2.21. The largest absolute Gasteiger partial charge is 0.311 e. The maximum absolute atomic E-state index is 12.6. The molecule has 0 spiro atoms. The first kappa shape index (κ1) is 12.3. The Morgan fingerprint density at radius 1 is 1.30 bits per heavy atom. The minimum atomic E-state index is 0.00778. The van der Waals surface area contributed by atoms with E-state index in [1.54, 1.807) is 11.3 Å². The van der Waals surface area contributed by atoms with Gasteiger partial charge >= 0.3 is 0 Å². The lowest BCUT2D eigenvalue weighted by Crippen LogP contribution is -2.51. The van der Waals surface area contributed by atoms with Crippen LogP contribution in [-0.4, -0.2) is 29.5 Å². The summed E-state index contributed by atoms with van der Waals surface area (Å²) >= 11 is 1.62. The molecule has 2 heterocycles. The van der Waals surface area contributed by atoms with Crippen LogP contribution in [0.25, 0.3) is 10.2 Å². The molecule has 1 amide bonds. The topological polar surface area (TPSA) is 45.2 Å². The van der Waals surface area contributed by atoms with Gasteiger partial charge in [0.2, 0.25) is 5.91 Å². The van der Waals surface area contributed by atoms with Gasteiger partial charge in [-0.05, 0) is 43.9 Å². The molecule has 2 fully saturated rings. The lowest BCUT2D eigenvalue weighted by atomic mass is 10.0. The number of aromatic nitrogens is 1. The van der Waals surface area contributed by atoms with Crippen molar-refractivity contribution < 1.29 is 4.79 Å². The van der Waals surface area contributed by atoms with Crippen molar-refractivity contribution in [1.29, 1.82) is 0 Å². The standard InChI is InChI=1S/C15H17N3OS/c19-15-13(17-10-3-4-10)2-1-7-18(15)11-5-6-12-14(8-11)20-9-16-12/h5-6,8-10,13,17H,1-4,7H2. The van der Waals surface area contributed by atoms with E-state index in [0.717, 1.165) is 35.3 Å². The molecule has 1 saturated heterocycles. The predicted octanol–water partition coefficient (Wildman–Crippen LogP) is 2.54. The summed E-state index contributed by atoms with van der Waals surface area (Å²) in [5.41, 5.74) is 3.87. The third-order valence-electron chi connectivity index (χ3n) is 4.08. The fourth-order valence-electron chi connectivity index (χ4n) is 2.83. The van der Waals surface area contributed by atoms with Gasteiger partial charge in [-0.15, -0.1) is 11.3 Å². The first-order chi connectivity index (χ1) is 9.81. The molecule has 1 saturated carbocycles. The molecule has 20 heavy (non-hydrogen) atoms. The number of nitrogens with one attached hydrogen (secondary N) is 1. The number of carbonyl (C=O) groups is 1. The van der Waals surface area contributed by atoms with Crippen molar-refractivity contribution in [3.05, 3.63) is 23.7 Å². The Morgan fingerprint density at radius 3 is 3.05 bits per heavy atom. The van der Waals surface area contributed by atoms with E-state index in [2.05, 4.69) is 16.4 Å². The van der Waals surface area contributed by atoms with E-state index in [9.17, 15) is 4.79 Å². The van der Waals surface area contributed by atoms with E-state index in [-0.39, 0.29) is 11.9 Å². The van der Waals surface area contributed by atoms with E-state index < -0.39 is 0 Å². The Kier molecular flexibility index (Phi) is 2.97. The molecule has 4 nitrogen and oxygen atoms in total. The molecular weight excluding hydrogens is 270 g/mol. The lowest BCUT2D eigenvalue weighted by Gasteiger charge is -2.33. The van der Waals surface area contributed by atoms with Crippen molar-refractivity contribution in [2.75, 3.05) is 11.4 Å². The van der Waals surface area contributed by atoms with E-state index in [1.807, 2.05) is 22.5 Å². The summed E-state index contributed by atoms with van der Waals surface area (Å²) in [6.45, 7) is 0.825. The molecule has 2 aliphatic rings. The average Bonchev–Trinajstić information content (AvgIpc) is 3.15. The summed E-state index contributed by atoms with van der Waals surface area (Å²) in [6.07, 6.45) is 4.47. The molecule has 104 valence electrons. The molecule has 5 heteroatoms. The Balaban J connectivity index is 1.60. The molecule has 1 aliphatic heterocycles. The van der Waals surface area contributed by atoms with E-state index in [4.69, 9.17) is 0 Å². The minimum Gasteiger partial charge on any atom is -0.311 e. The van der Waals surface area contributed by atoms with Crippen LogP contribution in [0.4, 0.5) is 5.69 Å². The van der Waals surface area contributed by atoms with Crippen molar-refractivity contribution in [3.8, 4) is 0 Å². The number of hydrogen-bond acceptors (Lipinski definition) is 4. The number of anilines is 1. The highest BCUT2D eigenvalue weighted by Gasteiger charge is 2.33. The molecule has 0 bridgehead atoms. The van der Waals surface area contributed by atoms with Gasteiger partial charge in [0.1, 0.15) is 0 Å². The Bertz CT molecular complexity index is 649. The van der Waals surface area contributed by atoms with E-state index in [1.165, 1.54) is 12.8 Å². The van der Waals surface area contributed by atoms with Crippen molar-refractivity contribution >= 4 is 33.1 Å². The van der Waals surface area contributed by atoms with Crippen LogP contribution >= 0.6 is 11.3 Å². The SMILES string of the molecule is O=C1C(NC2CC2)CCCN1c1ccc2ncsc2c1. The monoisotopic (exact) mass is 287 g/mol. The first-order valence-electron chi connectivity index (χ1n) is 7.22. The number of rotatable bonds is 3. The van der Waals surface area contributed by atoms with Gasteiger partial charge in [-0.25, -0.2) is 4.98 Å². The Morgan fingerprint density at radius 2 is 2.20 bits per heavy atom. The number of nitrogens with zero attached hydrogens (tertiary/aromatic N) is 2. The molecule has 1 N–H and O–H groups in total. The van der Waals surface area contributed by atoms with Crippen LogP contribution in [0.5, 0.6) is 0 Å². The van der Waals surface area contributed by atoms with Crippen LogP contribution in [0.2, 0.25) is 0 Å². The van der Waals surface area contributed by atoms with Gasteiger partial charge in [0.05, 0.1) is 21.8 Å². The van der Waals surface area contributed by atoms with Crippen molar-refractivity contribution in [2.45, 2.75) is 37.8 Å². The molecule has 0 radical (unpaired) electrons. The maximum Gasteiger partial charge on any atom is 0.244 e. The van der Waals surface area contributed by atoms with Crippen LogP contribution in [0.15, 0.2) is 23.7 Å². The maximum atomic E-state index is 12.6. The molecule has 1 aromatic heterocycles. The highest BCUT2D eigenvalue weighted by atomic mass is 32.1. The van der Waals surface area contributed by atoms with Crippen molar-refractivity contribution in [1.82, 2.24) is 10.3 Å². The molecule has 1 aliphatic carbocycles. The smallest absolute Gasteiger partial charge is 0.244 e. The zero-order chi connectivity index (χ0) is 13.5. The van der Waals surface area contributed by atoms with Gasteiger partial charge in [-0.1, -0.05) is 0 Å². The second-order valence-electron chi connectivity index (χ2n) is 5.63. The summed E-state index contributed by atoms with van der Waals surface area (Å²) in [5.74, 6) is 0.229. The summed E-state index contributed by atoms with van der Waals surface area (Å²) in [6, 6.07) is 6.69. The first-order valence-corrected chi connectivity index (χ1v) is 8.10. The molecule has 1 aromatic carbocycles. The van der Waals surface area contributed by atoms with Gasteiger partial charge in [0.15, 0.2) is 0 Å². The zero-order valence-corrected chi connectivity index (χ0v) is 12.0. The molecule has 1 atom stereocenters. The van der Waals surface area contributed by atoms with Crippen LogP contribution in [0.3, 0.4) is 0 Å². The third-order valence-corrected chi connectivity index (χ3v) is 4.87. The Hall–Kier alpha value is -1.46. The summed E-state index contributed by atoms with van der Waals surface area (Å²) in [4.78, 5) is 18.8. The number of carbonyl (C=O) groups excluding carboxylic acids is 1. The summed E-state index contributed by atoms with van der Waals surface area (Å²) in [5, 5.41) is 3.47. The number of thiazole rings is 1. The highest BCUT2D eigenvalue weighted by molar-refractivity contribution is 7.16. The summed E-state index contributed by atoms with van der Waals surface area (Å²) in [7, 11) is 0. The molecular formula is C15H17N3OS. The highest BCUT2D eigenvalue weighted by Crippen LogP contribution is 2.28. The van der Waals surface area contributed by atoms with E-state index >= 15 is 0 Å². The summed E-state index contributed by atoms with van der Waals surface area (Å²) < 4.78 is 1.15. The van der Waals surface area contributed by atoms with E-state index in [0.29, 0.717) is 6.04 Å². The van der Waals surface area contributed by atoms with Gasteiger partial charge in [0.25, 0.3) is 0 Å². The second kappa shape index (κ2) is 4.82. The average molecular weight is 287 g/mol. The number of fused-ring (bicyclic) bond motifs is 1. The fourth-order valence-corrected chi connectivity index (χ4v) is 3.54.